The Bertz CT molecular complexity index is 829. The summed E-state index contributed by atoms with van der Waals surface area (Å²) in [6.07, 6.45) is 1.40. The molecule has 1 aromatic heterocycles. The summed E-state index contributed by atoms with van der Waals surface area (Å²) in [6, 6.07) is 13.4. The maximum absolute atomic E-state index is 12.7. The van der Waals surface area contributed by atoms with Crippen LogP contribution >= 0.6 is 11.3 Å². The molecule has 0 bridgehead atoms. The van der Waals surface area contributed by atoms with Gasteiger partial charge in [-0.1, -0.05) is 36.4 Å². The summed E-state index contributed by atoms with van der Waals surface area (Å²) in [6.45, 7) is 0. The van der Waals surface area contributed by atoms with Crippen LogP contribution in [0.25, 0.3) is 0 Å². The minimum Gasteiger partial charge on any atom is -0.348 e. The lowest BCUT2D eigenvalue weighted by atomic mass is 9.67. The van der Waals surface area contributed by atoms with Crippen LogP contribution in [0, 0.1) is 5.92 Å². The second-order valence-electron chi connectivity index (χ2n) is 6.86. The second-order valence-corrected chi connectivity index (χ2v) is 7.84. The van der Waals surface area contributed by atoms with Gasteiger partial charge in [0, 0.05) is 10.8 Å². The van der Waals surface area contributed by atoms with Crippen LogP contribution in [0.3, 0.4) is 0 Å². The standard InChI is InChI=1S/C19H19N3O3S/c23-16(13-10-19(11-13)17(24)21-18(25)22-19)20-14(15-7-4-8-26-15)9-12-5-2-1-3-6-12/h1-8,13-14H,9-11H2,(H,20,23)(H2,21,22,24,25). The van der Waals surface area contributed by atoms with E-state index >= 15 is 0 Å². The van der Waals surface area contributed by atoms with Crippen molar-refractivity contribution in [2.45, 2.75) is 30.8 Å². The van der Waals surface area contributed by atoms with Gasteiger partial charge in [0.25, 0.3) is 5.91 Å². The summed E-state index contributed by atoms with van der Waals surface area (Å²) in [5, 5.41) is 10.0. The Kier molecular flexibility index (Phi) is 4.24. The monoisotopic (exact) mass is 369 g/mol. The molecule has 2 fully saturated rings. The molecule has 4 rings (SSSR count). The number of imide groups is 1. The molecule has 2 heterocycles. The molecule has 134 valence electrons. The molecule has 1 aromatic carbocycles. The number of rotatable bonds is 5. The highest BCUT2D eigenvalue weighted by molar-refractivity contribution is 7.10. The van der Waals surface area contributed by atoms with Crippen LogP contribution in [0.15, 0.2) is 47.8 Å². The second kappa shape index (κ2) is 6.57. The normalized spacial score (nSPS) is 25.3. The van der Waals surface area contributed by atoms with Crippen molar-refractivity contribution >= 4 is 29.2 Å². The first-order chi connectivity index (χ1) is 12.6. The Morgan fingerprint density at radius 2 is 1.96 bits per heavy atom. The minimum absolute atomic E-state index is 0.0705. The van der Waals surface area contributed by atoms with E-state index in [1.54, 1.807) is 11.3 Å². The van der Waals surface area contributed by atoms with E-state index < -0.39 is 11.6 Å². The molecule has 2 aliphatic rings. The third-order valence-electron chi connectivity index (χ3n) is 5.06. The van der Waals surface area contributed by atoms with Crippen LogP contribution in [0.4, 0.5) is 4.79 Å². The molecule has 1 saturated heterocycles. The lowest BCUT2D eigenvalue weighted by Crippen LogP contribution is -2.60. The van der Waals surface area contributed by atoms with Crippen molar-refractivity contribution in [2.24, 2.45) is 5.92 Å². The molecule has 4 amide bonds. The Morgan fingerprint density at radius 1 is 1.19 bits per heavy atom. The topological polar surface area (TPSA) is 87.3 Å². The van der Waals surface area contributed by atoms with Crippen molar-refractivity contribution in [1.29, 1.82) is 0 Å². The van der Waals surface area contributed by atoms with Crippen molar-refractivity contribution in [1.82, 2.24) is 16.0 Å². The highest BCUT2D eigenvalue weighted by Crippen LogP contribution is 2.40. The molecule has 1 atom stereocenters. The number of nitrogens with one attached hydrogen (secondary N) is 3. The zero-order chi connectivity index (χ0) is 18.1. The Labute approximate surface area is 155 Å². The van der Waals surface area contributed by atoms with E-state index in [2.05, 4.69) is 16.0 Å². The summed E-state index contributed by atoms with van der Waals surface area (Å²) in [5.74, 6) is -0.665. The SMILES string of the molecule is O=C1NC(=O)C2(CC(C(=O)NC(Cc3ccccc3)c3cccs3)C2)N1. The van der Waals surface area contributed by atoms with Gasteiger partial charge in [-0.15, -0.1) is 11.3 Å². The van der Waals surface area contributed by atoms with Crippen molar-refractivity contribution in [3.63, 3.8) is 0 Å². The van der Waals surface area contributed by atoms with Gasteiger partial charge in [0.05, 0.1) is 6.04 Å². The van der Waals surface area contributed by atoms with E-state index in [4.69, 9.17) is 0 Å². The van der Waals surface area contributed by atoms with Crippen molar-refractivity contribution < 1.29 is 14.4 Å². The maximum Gasteiger partial charge on any atom is 0.322 e. The number of carbonyl (C=O) groups excluding carboxylic acids is 3. The van der Waals surface area contributed by atoms with Crippen LogP contribution < -0.4 is 16.0 Å². The quantitative estimate of drug-likeness (QED) is 0.706. The molecule has 0 radical (unpaired) electrons. The Hall–Kier alpha value is -2.67. The number of amides is 4. The van der Waals surface area contributed by atoms with E-state index in [0.29, 0.717) is 19.3 Å². The molecule has 1 spiro atoms. The van der Waals surface area contributed by atoms with Crippen LogP contribution in [-0.2, 0) is 16.0 Å². The molecule has 1 saturated carbocycles. The van der Waals surface area contributed by atoms with Crippen molar-refractivity contribution in [2.75, 3.05) is 0 Å². The highest BCUT2D eigenvalue weighted by atomic mass is 32.1. The number of hydrogen-bond acceptors (Lipinski definition) is 4. The number of hydrogen-bond donors (Lipinski definition) is 3. The minimum atomic E-state index is -0.892. The van der Waals surface area contributed by atoms with Gasteiger partial charge in [-0.05, 0) is 36.3 Å². The zero-order valence-electron chi connectivity index (χ0n) is 14.0. The van der Waals surface area contributed by atoms with Gasteiger partial charge in [-0.2, -0.15) is 0 Å². The first-order valence-electron chi connectivity index (χ1n) is 8.57. The van der Waals surface area contributed by atoms with E-state index in [0.717, 1.165) is 10.4 Å². The Morgan fingerprint density at radius 3 is 2.58 bits per heavy atom. The lowest BCUT2D eigenvalue weighted by Gasteiger charge is -2.41. The molecule has 1 unspecified atom stereocenters. The predicted molar refractivity (Wildman–Crippen MR) is 97.5 cm³/mol. The summed E-state index contributed by atoms with van der Waals surface area (Å²) in [5.41, 5.74) is 0.260. The first-order valence-corrected chi connectivity index (χ1v) is 9.45. The molecule has 1 aliphatic carbocycles. The summed E-state index contributed by atoms with van der Waals surface area (Å²) < 4.78 is 0. The smallest absolute Gasteiger partial charge is 0.322 e. The average Bonchev–Trinajstić information content (AvgIpc) is 3.21. The largest absolute Gasteiger partial charge is 0.348 e. The van der Waals surface area contributed by atoms with E-state index in [1.165, 1.54) is 0 Å². The van der Waals surface area contributed by atoms with Crippen LogP contribution in [0.2, 0.25) is 0 Å². The number of benzene rings is 1. The molecule has 2 aromatic rings. The predicted octanol–water partition coefficient (Wildman–Crippen LogP) is 2.14. The van der Waals surface area contributed by atoms with Crippen molar-refractivity contribution in [3.05, 3.63) is 58.3 Å². The fourth-order valence-corrected chi connectivity index (χ4v) is 4.41. The van der Waals surface area contributed by atoms with Gasteiger partial charge < -0.3 is 10.6 Å². The molecule has 7 heteroatoms. The van der Waals surface area contributed by atoms with E-state index in [9.17, 15) is 14.4 Å². The summed E-state index contributed by atoms with van der Waals surface area (Å²) >= 11 is 1.61. The molecule has 26 heavy (non-hydrogen) atoms. The van der Waals surface area contributed by atoms with Gasteiger partial charge in [-0.25, -0.2) is 4.79 Å². The molecule has 6 nitrogen and oxygen atoms in total. The van der Waals surface area contributed by atoms with Gasteiger partial charge in [0.1, 0.15) is 5.54 Å². The lowest BCUT2D eigenvalue weighted by molar-refractivity contribution is -0.137. The third-order valence-corrected chi connectivity index (χ3v) is 6.05. The van der Waals surface area contributed by atoms with Crippen LogP contribution in [0.5, 0.6) is 0 Å². The van der Waals surface area contributed by atoms with Gasteiger partial charge in [0.2, 0.25) is 5.91 Å². The zero-order valence-corrected chi connectivity index (χ0v) is 14.8. The fourth-order valence-electron chi connectivity index (χ4n) is 3.63. The third kappa shape index (κ3) is 3.10. The number of carbonyl (C=O) groups is 3. The molecule has 3 N–H and O–H groups in total. The average molecular weight is 369 g/mol. The molecular formula is C19H19N3O3S. The number of urea groups is 1. The molecular weight excluding hydrogens is 350 g/mol. The fraction of sp³-hybridized carbons (Fsp3) is 0.316. The maximum atomic E-state index is 12.7. The summed E-state index contributed by atoms with van der Waals surface area (Å²) in [7, 11) is 0. The van der Waals surface area contributed by atoms with Gasteiger partial charge in [0.15, 0.2) is 0 Å². The van der Waals surface area contributed by atoms with Crippen LogP contribution in [0.1, 0.15) is 29.3 Å². The van der Waals surface area contributed by atoms with Gasteiger partial charge >= 0.3 is 6.03 Å². The summed E-state index contributed by atoms with van der Waals surface area (Å²) in [4.78, 5) is 37.0. The van der Waals surface area contributed by atoms with E-state index in [1.807, 2.05) is 47.8 Å². The van der Waals surface area contributed by atoms with Gasteiger partial charge in [-0.3, -0.25) is 14.9 Å². The highest BCUT2D eigenvalue weighted by Gasteiger charge is 2.57. The Balaban J connectivity index is 1.42. The number of thiophene rings is 1. The van der Waals surface area contributed by atoms with Crippen LogP contribution in [-0.4, -0.2) is 23.4 Å². The first kappa shape index (κ1) is 16.8. The molecule has 1 aliphatic heterocycles. The van der Waals surface area contributed by atoms with Crippen molar-refractivity contribution in [3.8, 4) is 0 Å². The van der Waals surface area contributed by atoms with E-state index in [-0.39, 0.29) is 23.8 Å².